The molecule has 2 aromatic carbocycles. The van der Waals surface area contributed by atoms with Crippen molar-refractivity contribution in [1.29, 1.82) is 0 Å². The number of hydrogen-bond acceptors (Lipinski definition) is 5. The van der Waals surface area contributed by atoms with E-state index in [1.54, 1.807) is 0 Å². The molecule has 2 aliphatic rings. The fourth-order valence-electron chi connectivity index (χ4n) is 6.39. The highest BCUT2D eigenvalue weighted by Crippen LogP contribution is 2.40. The van der Waals surface area contributed by atoms with Gasteiger partial charge < -0.3 is 14.5 Å². The molecule has 1 aliphatic carbocycles. The first-order chi connectivity index (χ1) is 17.4. The number of ether oxygens (including phenoxy) is 1. The van der Waals surface area contributed by atoms with Crippen LogP contribution in [-0.4, -0.2) is 60.9 Å². The highest BCUT2D eigenvalue weighted by atomic mass is 16.5. The Labute approximate surface area is 217 Å². The van der Waals surface area contributed by atoms with Crippen LogP contribution in [0.5, 0.6) is 0 Å². The fourth-order valence-corrected chi connectivity index (χ4v) is 6.39. The molecule has 1 saturated carbocycles. The number of nitrogens with zero attached hydrogens (tertiary/aromatic N) is 3. The van der Waals surface area contributed by atoms with Crippen LogP contribution in [0.25, 0.3) is 0 Å². The molecular formula is C31H43N3O2. The number of aryl methyl sites for hydroxylation is 1. The van der Waals surface area contributed by atoms with E-state index in [4.69, 9.17) is 9.73 Å². The largest absolute Gasteiger partial charge is 0.467 e. The topological polar surface area (TPSA) is 45.1 Å². The van der Waals surface area contributed by atoms with Gasteiger partial charge in [-0.1, -0.05) is 73.5 Å². The van der Waals surface area contributed by atoms with Crippen LogP contribution in [0.1, 0.15) is 56.6 Å². The van der Waals surface area contributed by atoms with Crippen LogP contribution in [0.2, 0.25) is 0 Å². The van der Waals surface area contributed by atoms with E-state index in [9.17, 15) is 4.79 Å². The van der Waals surface area contributed by atoms with Gasteiger partial charge in [-0.2, -0.15) is 0 Å². The maximum Gasteiger partial charge on any atom is 0.335 e. The summed E-state index contributed by atoms with van der Waals surface area (Å²) in [6.45, 7) is 2.71. The number of methoxy groups -OCH3 is 1. The minimum atomic E-state index is -0.845. The number of carbonyl (C=O) groups excluding carboxylic acids is 1. The Kier molecular flexibility index (Phi) is 8.84. The third-order valence-corrected chi connectivity index (χ3v) is 8.56. The summed E-state index contributed by atoms with van der Waals surface area (Å²) in [7, 11) is 5.95. The quantitative estimate of drug-likeness (QED) is 0.408. The average molecular weight is 490 g/mol. The summed E-state index contributed by atoms with van der Waals surface area (Å²) in [5, 5.41) is 0. The standard InChI is InChI=1S/C31H43N3O2/c1-31(30(35)36-4)29(34(23-32-31)22-26-13-9-6-10-14-26)21-25-15-18-27(19-16-25)28(33(2)3)20-17-24-11-7-5-8-12-24/h5-14,23,25,27-29H,15-22H2,1-4H3. The van der Waals surface area contributed by atoms with Crippen LogP contribution < -0.4 is 0 Å². The Hall–Kier alpha value is -2.66. The fraction of sp³-hybridized carbons (Fsp3) is 0.548. The minimum absolute atomic E-state index is 0.0226. The molecule has 0 saturated heterocycles. The molecule has 1 heterocycles. The highest BCUT2D eigenvalue weighted by molar-refractivity contribution is 5.86. The van der Waals surface area contributed by atoms with Gasteiger partial charge in [0.05, 0.1) is 19.5 Å². The molecule has 1 fully saturated rings. The van der Waals surface area contributed by atoms with Crippen LogP contribution >= 0.6 is 0 Å². The van der Waals surface area contributed by atoms with Gasteiger partial charge in [0, 0.05) is 12.6 Å². The summed E-state index contributed by atoms with van der Waals surface area (Å²) in [5.41, 5.74) is 1.82. The maximum absolute atomic E-state index is 12.8. The van der Waals surface area contributed by atoms with Crippen LogP contribution in [0, 0.1) is 11.8 Å². The van der Waals surface area contributed by atoms with Crippen molar-refractivity contribution in [3.8, 4) is 0 Å². The molecule has 4 rings (SSSR count). The first-order valence-electron chi connectivity index (χ1n) is 13.5. The summed E-state index contributed by atoms with van der Waals surface area (Å²) in [5.74, 6) is 1.10. The third-order valence-electron chi connectivity index (χ3n) is 8.56. The lowest BCUT2D eigenvalue weighted by Gasteiger charge is -2.40. The Morgan fingerprint density at radius 2 is 1.64 bits per heavy atom. The Morgan fingerprint density at radius 1 is 1.03 bits per heavy atom. The Balaban J connectivity index is 1.38. The number of rotatable bonds is 10. The molecule has 5 nitrogen and oxygen atoms in total. The zero-order chi connectivity index (χ0) is 25.5. The first-order valence-corrected chi connectivity index (χ1v) is 13.5. The van der Waals surface area contributed by atoms with Crippen LogP contribution in [0.4, 0.5) is 0 Å². The summed E-state index contributed by atoms with van der Waals surface area (Å²) in [6, 6.07) is 21.9. The van der Waals surface area contributed by atoms with Gasteiger partial charge in [0.15, 0.2) is 5.54 Å². The van der Waals surface area contributed by atoms with Crippen molar-refractivity contribution in [3.63, 3.8) is 0 Å². The van der Waals surface area contributed by atoms with Gasteiger partial charge >= 0.3 is 5.97 Å². The van der Waals surface area contributed by atoms with Crippen molar-refractivity contribution < 1.29 is 9.53 Å². The van der Waals surface area contributed by atoms with E-state index in [0.29, 0.717) is 12.0 Å². The molecule has 36 heavy (non-hydrogen) atoms. The molecule has 0 bridgehead atoms. The lowest BCUT2D eigenvalue weighted by molar-refractivity contribution is -0.148. The monoisotopic (exact) mass is 489 g/mol. The molecule has 1 aliphatic heterocycles. The summed E-state index contributed by atoms with van der Waals surface area (Å²) in [4.78, 5) is 22.2. The molecule has 5 heteroatoms. The van der Waals surface area contributed by atoms with E-state index < -0.39 is 5.54 Å². The molecule has 0 N–H and O–H groups in total. The van der Waals surface area contributed by atoms with Crippen molar-refractivity contribution in [3.05, 3.63) is 71.8 Å². The SMILES string of the molecule is COC(=O)C1(C)N=CN(Cc2ccccc2)C1CC1CCC(C(CCc2ccccc2)N(C)C)CC1. The van der Waals surface area contributed by atoms with Crippen molar-refractivity contribution in [2.24, 2.45) is 16.8 Å². The number of carbonyl (C=O) groups is 1. The normalized spacial score (nSPS) is 26.8. The zero-order valence-corrected chi connectivity index (χ0v) is 22.5. The molecule has 0 spiro atoms. The number of hydrogen-bond donors (Lipinski definition) is 0. The minimum Gasteiger partial charge on any atom is -0.467 e. The first kappa shape index (κ1) is 26.4. The molecule has 3 unspecified atom stereocenters. The van der Waals surface area contributed by atoms with Crippen molar-refractivity contribution in [2.75, 3.05) is 21.2 Å². The van der Waals surface area contributed by atoms with Gasteiger partial charge in [0.25, 0.3) is 0 Å². The molecular weight excluding hydrogens is 446 g/mol. The summed E-state index contributed by atoms with van der Waals surface area (Å²) in [6.07, 6.45) is 10.1. The predicted octanol–water partition coefficient (Wildman–Crippen LogP) is 5.59. The van der Waals surface area contributed by atoms with E-state index in [2.05, 4.69) is 78.5 Å². The molecule has 0 aromatic heterocycles. The summed E-state index contributed by atoms with van der Waals surface area (Å²) >= 11 is 0. The Bertz CT molecular complexity index is 985. The van der Waals surface area contributed by atoms with Crippen molar-refractivity contribution >= 4 is 12.3 Å². The Morgan fingerprint density at radius 3 is 2.22 bits per heavy atom. The van der Waals surface area contributed by atoms with Crippen LogP contribution in [0.3, 0.4) is 0 Å². The second kappa shape index (κ2) is 12.1. The van der Waals surface area contributed by atoms with Gasteiger partial charge in [-0.25, -0.2) is 4.79 Å². The van der Waals surface area contributed by atoms with E-state index in [-0.39, 0.29) is 12.0 Å². The summed E-state index contributed by atoms with van der Waals surface area (Å²) < 4.78 is 5.21. The van der Waals surface area contributed by atoms with E-state index in [0.717, 1.165) is 25.3 Å². The van der Waals surface area contributed by atoms with Gasteiger partial charge in [-0.05, 0) is 76.1 Å². The molecule has 2 aromatic rings. The van der Waals surface area contributed by atoms with E-state index in [1.807, 2.05) is 19.3 Å². The highest BCUT2D eigenvalue weighted by Gasteiger charge is 2.49. The second-order valence-electron chi connectivity index (χ2n) is 11.1. The predicted molar refractivity (Wildman–Crippen MR) is 147 cm³/mol. The third kappa shape index (κ3) is 6.18. The lowest BCUT2D eigenvalue weighted by Crippen LogP contribution is -2.50. The van der Waals surface area contributed by atoms with Gasteiger partial charge in [0.2, 0.25) is 0 Å². The number of aliphatic imine (C=N–C) groups is 1. The molecule has 194 valence electrons. The van der Waals surface area contributed by atoms with Gasteiger partial charge in [-0.15, -0.1) is 0 Å². The van der Waals surface area contributed by atoms with E-state index in [1.165, 1.54) is 50.3 Å². The van der Waals surface area contributed by atoms with Crippen molar-refractivity contribution in [2.45, 2.75) is 76.0 Å². The second-order valence-corrected chi connectivity index (χ2v) is 11.1. The van der Waals surface area contributed by atoms with Crippen LogP contribution in [-0.2, 0) is 22.5 Å². The number of benzene rings is 2. The lowest BCUT2D eigenvalue weighted by atomic mass is 9.73. The molecule has 3 atom stereocenters. The maximum atomic E-state index is 12.8. The van der Waals surface area contributed by atoms with Gasteiger partial charge in [0.1, 0.15) is 0 Å². The van der Waals surface area contributed by atoms with E-state index >= 15 is 0 Å². The smallest absolute Gasteiger partial charge is 0.335 e. The molecule has 0 amide bonds. The van der Waals surface area contributed by atoms with Crippen LogP contribution in [0.15, 0.2) is 65.7 Å². The van der Waals surface area contributed by atoms with Gasteiger partial charge in [-0.3, -0.25) is 4.99 Å². The average Bonchev–Trinajstić information content (AvgIpc) is 3.21. The molecule has 0 radical (unpaired) electrons. The number of esters is 1. The van der Waals surface area contributed by atoms with Crippen molar-refractivity contribution in [1.82, 2.24) is 9.80 Å². The zero-order valence-electron chi connectivity index (χ0n) is 22.5.